The van der Waals surface area contributed by atoms with Gasteiger partial charge in [0.15, 0.2) is 0 Å². The number of aliphatic hydroxyl groups excluding tert-OH is 1. The molecule has 1 heterocycles. The van der Waals surface area contributed by atoms with Gasteiger partial charge >= 0.3 is 6.09 Å². The molecular formula is C12H23NO4. The summed E-state index contributed by atoms with van der Waals surface area (Å²) in [4.78, 5) is 13.5. The fraction of sp³-hybridized carbons (Fsp3) is 0.917. The third-order valence-corrected chi connectivity index (χ3v) is 2.39. The predicted octanol–water partition coefficient (Wildman–Crippen LogP) is 1.39. The molecule has 2 atom stereocenters. The molecule has 17 heavy (non-hydrogen) atoms. The van der Waals surface area contributed by atoms with Gasteiger partial charge in [-0.1, -0.05) is 0 Å². The van der Waals surface area contributed by atoms with Crippen molar-refractivity contribution in [2.45, 2.75) is 51.9 Å². The monoisotopic (exact) mass is 245 g/mol. The smallest absolute Gasteiger partial charge is 0.410 e. The highest BCUT2D eigenvalue weighted by molar-refractivity contribution is 5.68. The summed E-state index contributed by atoms with van der Waals surface area (Å²) in [5, 5.41) is 9.30. The van der Waals surface area contributed by atoms with E-state index in [4.69, 9.17) is 9.47 Å². The summed E-state index contributed by atoms with van der Waals surface area (Å²) in [6.45, 7) is 8.79. The molecule has 1 amide bonds. The van der Waals surface area contributed by atoms with Crippen molar-refractivity contribution in [3.8, 4) is 0 Å². The van der Waals surface area contributed by atoms with Crippen LogP contribution in [-0.2, 0) is 9.47 Å². The van der Waals surface area contributed by atoms with Gasteiger partial charge in [-0.3, -0.25) is 0 Å². The maximum Gasteiger partial charge on any atom is 0.410 e. The average Bonchev–Trinajstić information content (AvgIpc) is 2.14. The van der Waals surface area contributed by atoms with E-state index in [9.17, 15) is 9.90 Å². The maximum atomic E-state index is 11.8. The Morgan fingerprint density at radius 2 is 2.24 bits per heavy atom. The second kappa shape index (κ2) is 5.69. The van der Waals surface area contributed by atoms with E-state index >= 15 is 0 Å². The van der Waals surface area contributed by atoms with Crippen molar-refractivity contribution in [2.24, 2.45) is 0 Å². The summed E-state index contributed by atoms with van der Waals surface area (Å²) in [5.74, 6) is 0. The lowest BCUT2D eigenvalue weighted by atomic mass is 10.1. The SMILES string of the molecule is CC(O)CC1CN(C(=O)OC(C)(C)C)CCO1. The number of hydrogen-bond donors (Lipinski definition) is 1. The Morgan fingerprint density at radius 1 is 1.59 bits per heavy atom. The predicted molar refractivity (Wildman–Crippen MR) is 63.8 cm³/mol. The molecule has 1 saturated heterocycles. The first kappa shape index (κ1) is 14.3. The summed E-state index contributed by atoms with van der Waals surface area (Å²) in [6.07, 6.45) is -0.287. The molecule has 1 rings (SSSR count). The first-order valence-electron chi connectivity index (χ1n) is 6.05. The normalized spacial score (nSPS) is 23.4. The molecule has 1 aliphatic heterocycles. The van der Waals surface area contributed by atoms with Gasteiger partial charge < -0.3 is 19.5 Å². The molecule has 0 spiro atoms. The molecule has 0 aromatic carbocycles. The number of carbonyl (C=O) groups is 1. The zero-order chi connectivity index (χ0) is 13.1. The first-order valence-corrected chi connectivity index (χ1v) is 6.05. The molecule has 1 aliphatic rings. The van der Waals surface area contributed by atoms with Crippen LogP contribution in [0.4, 0.5) is 4.79 Å². The van der Waals surface area contributed by atoms with Crippen LogP contribution in [-0.4, -0.2) is 53.6 Å². The van der Waals surface area contributed by atoms with Crippen molar-refractivity contribution < 1.29 is 19.4 Å². The van der Waals surface area contributed by atoms with Gasteiger partial charge in [-0.15, -0.1) is 0 Å². The molecule has 0 bridgehead atoms. The highest BCUT2D eigenvalue weighted by atomic mass is 16.6. The van der Waals surface area contributed by atoms with Crippen LogP contribution in [0.2, 0.25) is 0 Å². The molecule has 0 aromatic heterocycles. The number of amides is 1. The summed E-state index contributed by atoms with van der Waals surface area (Å²) in [5.41, 5.74) is -0.477. The van der Waals surface area contributed by atoms with Crippen molar-refractivity contribution >= 4 is 6.09 Å². The Kier molecular flexibility index (Phi) is 4.77. The third kappa shape index (κ3) is 5.37. The number of rotatable bonds is 2. The van der Waals surface area contributed by atoms with Crippen LogP contribution in [0, 0.1) is 0 Å². The molecule has 0 saturated carbocycles. The van der Waals surface area contributed by atoms with E-state index in [1.54, 1.807) is 11.8 Å². The van der Waals surface area contributed by atoms with Crippen molar-refractivity contribution in [1.29, 1.82) is 0 Å². The first-order chi connectivity index (χ1) is 7.78. The quantitative estimate of drug-likeness (QED) is 0.798. The standard InChI is InChI=1S/C12H23NO4/c1-9(14)7-10-8-13(5-6-16-10)11(15)17-12(2,3)4/h9-10,14H,5-8H2,1-4H3. The van der Waals surface area contributed by atoms with Crippen LogP contribution in [0.1, 0.15) is 34.1 Å². The van der Waals surface area contributed by atoms with E-state index in [0.717, 1.165) is 0 Å². The minimum Gasteiger partial charge on any atom is -0.444 e. The Morgan fingerprint density at radius 3 is 2.76 bits per heavy atom. The van der Waals surface area contributed by atoms with Crippen LogP contribution < -0.4 is 0 Å². The molecule has 0 aliphatic carbocycles. The topological polar surface area (TPSA) is 59.0 Å². The van der Waals surface area contributed by atoms with E-state index < -0.39 is 11.7 Å². The summed E-state index contributed by atoms with van der Waals surface area (Å²) in [7, 11) is 0. The molecule has 0 radical (unpaired) electrons. The van der Waals surface area contributed by atoms with Gasteiger partial charge in [0.05, 0.1) is 25.4 Å². The van der Waals surface area contributed by atoms with E-state index in [-0.39, 0.29) is 12.2 Å². The lowest BCUT2D eigenvalue weighted by Gasteiger charge is -2.34. The van der Waals surface area contributed by atoms with Crippen LogP contribution in [0.5, 0.6) is 0 Å². The van der Waals surface area contributed by atoms with Gasteiger partial charge in [0.25, 0.3) is 0 Å². The van der Waals surface area contributed by atoms with Gasteiger partial charge in [-0.05, 0) is 27.7 Å². The largest absolute Gasteiger partial charge is 0.444 e. The highest BCUT2D eigenvalue weighted by Crippen LogP contribution is 2.15. The number of carbonyl (C=O) groups excluding carboxylic acids is 1. The maximum absolute atomic E-state index is 11.8. The minimum absolute atomic E-state index is 0.101. The fourth-order valence-electron chi connectivity index (χ4n) is 1.73. The molecule has 100 valence electrons. The van der Waals surface area contributed by atoms with Gasteiger partial charge in [-0.25, -0.2) is 4.79 Å². The molecule has 2 unspecified atom stereocenters. The molecule has 1 N–H and O–H groups in total. The average molecular weight is 245 g/mol. The zero-order valence-corrected chi connectivity index (χ0v) is 11.1. The molecule has 0 aromatic rings. The van der Waals surface area contributed by atoms with Gasteiger partial charge in [0, 0.05) is 13.0 Å². The highest BCUT2D eigenvalue weighted by Gasteiger charge is 2.28. The number of ether oxygens (including phenoxy) is 2. The Balaban J connectivity index is 2.46. The Labute approximate surface area is 103 Å². The van der Waals surface area contributed by atoms with Crippen molar-refractivity contribution in [2.75, 3.05) is 19.7 Å². The number of morpholine rings is 1. The van der Waals surface area contributed by atoms with Gasteiger partial charge in [0.2, 0.25) is 0 Å². The third-order valence-electron chi connectivity index (χ3n) is 2.39. The van der Waals surface area contributed by atoms with E-state index in [0.29, 0.717) is 26.1 Å². The zero-order valence-electron chi connectivity index (χ0n) is 11.1. The van der Waals surface area contributed by atoms with Crippen molar-refractivity contribution in [3.63, 3.8) is 0 Å². The second-order valence-corrected chi connectivity index (χ2v) is 5.50. The number of nitrogens with zero attached hydrogens (tertiary/aromatic N) is 1. The summed E-state index contributed by atoms with van der Waals surface area (Å²) < 4.78 is 10.8. The minimum atomic E-state index is -0.477. The van der Waals surface area contributed by atoms with E-state index in [1.165, 1.54) is 0 Å². The van der Waals surface area contributed by atoms with Crippen LogP contribution in [0.15, 0.2) is 0 Å². The molecular weight excluding hydrogens is 222 g/mol. The number of aliphatic hydroxyl groups is 1. The summed E-state index contributed by atoms with van der Waals surface area (Å²) >= 11 is 0. The number of hydrogen-bond acceptors (Lipinski definition) is 4. The Bertz CT molecular complexity index is 260. The lowest BCUT2D eigenvalue weighted by molar-refractivity contribution is -0.0555. The van der Waals surface area contributed by atoms with Gasteiger partial charge in [0.1, 0.15) is 5.60 Å². The second-order valence-electron chi connectivity index (χ2n) is 5.50. The van der Waals surface area contributed by atoms with Crippen LogP contribution >= 0.6 is 0 Å². The van der Waals surface area contributed by atoms with Crippen LogP contribution in [0.25, 0.3) is 0 Å². The van der Waals surface area contributed by atoms with Crippen molar-refractivity contribution in [3.05, 3.63) is 0 Å². The summed E-state index contributed by atoms with van der Waals surface area (Å²) in [6, 6.07) is 0. The molecule has 1 fully saturated rings. The lowest BCUT2D eigenvalue weighted by Crippen LogP contribution is -2.48. The van der Waals surface area contributed by atoms with E-state index in [1.807, 2.05) is 20.8 Å². The Hall–Kier alpha value is -0.810. The molecule has 5 nitrogen and oxygen atoms in total. The fourth-order valence-corrected chi connectivity index (χ4v) is 1.73. The molecule has 5 heteroatoms. The van der Waals surface area contributed by atoms with Crippen molar-refractivity contribution in [1.82, 2.24) is 4.90 Å². The van der Waals surface area contributed by atoms with Gasteiger partial charge in [-0.2, -0.15) is 0 Å². The van der Waals surface area contributed by atoms with Crippen LogP contribution in [0.3, 0.4) is 0 Å². The van der Waals surface area contributed by atoms with E-state index in [2.05, 4.69) is 0 Å².